The Kier molecular flexibility index (Phi) is 5.76. The van der Waals surface area contributed by atoms with Crippen molar-refractivity contribution >= 4 is 6.03 Å². The zero-order valence-electron chi connectivity index (χ0n) is 15.0. The largest absolute Gasteiger partial charge is 0.361 e. The first-order valence-electron chi connectivity index (χ1n) is 9.33. The molecule has 0 bridgehead atoms. The highest BCUT2D eigenvalue weighted by Gasteiger charge is 2.23. The Morgan fingerprint density at radius 2 is 1.92 bits per heavy atom. The maximum Gasteiger partial charge on any atom is 0.317 e. The van der Waals surface area contributed by atoms with E-state index in [2.05, 4.69) is 15.4 Å². The first-order chi connectivity index (χ1) is 11.6. The molecule has 134 valence electrons. The van der Waals surface area contributed by atoms with E-state index in [9.17, 15) is 4.79 Å². The summed E-state index contributed by atoms with van der Waals surface area (Å²) >= 11 is 0. The number of amides is 2. The van der Waals surface area contributed by atoms with Gasteiger partial charge in [0.15, 0.2) is 0 Å². The normalized spacial score (nSPS) is 20.8. The number of aryl methyl sites for hydroxylation is 2. The Morgan fingerprint density at radius 1 is 1.12 bits per heavy atom. The van der Waals surface area contributed by atoms with Crippen molar-refractivity contribution in [3.8, 4) is 0 Å². The molecule has 2 amide bonds. The molecule has 3 rings (SSSR count). The molecule has 1 aliphatic heterocycles. The van der Waals surface area contributed by atoms with Gasteiger partial charge in [-0.3, -0.25) is 4.90 Å². The number of hydrogen-bond donors (Lipinski definition) is 1. The molecule has 1 aliphatic carbocycles. The number of hydrogen-bond acceptors (Lipinski definition) is 4. The molecule has 1 saturated carbocycles. The van der Waals surface area contributed by atoms with Gasteiger partial charge in [-0.2, -0.15) is 0 Å². The Morgan fingerprint density at radius 3 is 2.62 bits per heavy atom. The van der Waals surface area contributed by atoms with Crippen molar-refractivity contribution in [2.45, 2.75) is 65.0 Å². The third-order valence-electron chi connectivity index (χ3n) is 5.37. The fourth-order valence-corrected chi connectivity index (χ4v) is 3.80. The van der Waals surface area contributed by atoms with Crippen LogP contribution in [0.5, 0.6) is 0 Å². The minimum atomic E-state index is 0.126. The highest BCUT2D eigenvalue weighted by Crippen LogP contribution is 2.19. The summed E-state index contributed by atoms with van der Waals surface area (Å²) in [4.78, 5) is 16.9. The Labute approximate surface area is 144 Å². The molecule has 0 radical (unpaired) electrons. The highest BCUT2D eigenvalue weighted by atomic mass is 16.5. The van der Waals surface area contributed by atoms with Crippen molar-refractivity contribution in [1.82, 2.24) is 20.3 Å². The summed E-state index contributed by atoms with van der Waals surface area (Å²) in [6.07, 6.45) is 7.09. The third-order valence-corrected chi connectivity index (χ3v) is 5.37. The molecule has 24 heavy (non-hydrogen) atoms. The van der Waals surface area contributed by atoms with Gasteiger partial charge in [-0.25, -0.2) is 4.79 Å². The summed E-state index contributed by atoms with van der Waals surface area (Å²) in [5, 5.41) is 7.28. The summed E-state index contributed by atoms with van der Waals surface area (Å²) in [6, 6.07) is 0.508. The lowest BCUT2D eigenvalue weighted by Crippen LogP contribution is -2.46. The second kappa shape index (κ2) is 8.01. The minimum Gasteiger partial charge on any atom is -0.361 e. The Bertz CT molecular complexity index is 532. The summed E-state index contributed by atoms with van der Waals surface area (Å²) in [5.74, 6) is 0.906. The fourth-order valence-electron chi connectivity index (χ4n) is 3.80. The van der Waals surface area contributed by atoms with E-state index >= 15 is 0 Å². The molecule has 0 spiro atoms. The van der Waals surface area contributed by atoms with Crippen LogP contribution in [0.1, 0.15) is 55.5 Å². The van der Waals surface area contributed by atoms with E-state index in [-0.39, 0.29) is 6.03 Å². The maximum atomic E-state index is 12.5. The Balaban J connectivity index is 1.50. The van der Waals surface area contributed by atoms with Gasteiger partial charge >= 0.3 is 6.03 Å². The van der Waals surface area contributed by atoms with Crippen molar-refractivity contribution < 1.29 is 9.32 Å². The molecule has 0 unspecified atom stereocenters. The van der Waals surface area contributed by atoms with Crippen LogP contribution in [-0.4, -0.2) is 53.2 Å². The summed E-state index contributed by atoms with van der Waals surface area (Å²) in [7, 11) is 0. The van der Waals surface area contributed by atoms with Crippen LogP contribution in [0.2, 0.25) is 0 Å². The van der Waals surface area contributed by atoms with E-state index in [1.807, 2.05) is 18.7 Å². The first kappa shape index (κ1) is 17.3. The van der Waals surface area contributed by atoms with Crippen LogP contribution in [-0.2, 0) is 6.54 Å². The minimum absolute atomic E-state index is 0.126. The Hall–Kier alpha value is -1.56. The van der Waals surface area contributed by atoms with Crippen LogP contribution >= 0.6 is 0 Å². The number of nitrogens with one attached hydrogen (secondary N) is 1. The number of urea groups is 1. The lowest BCUT2D eigenvalue weighted by atomic mass is 9.96. The average molecular weight is 334 g/mol. The van der Waals surface area contributed by atoms with Gasteiger partial charge in [-0.05, 0) is 33.1 Å². The molecule has 1 aromatic rings. The SMILES string of the molecule is Cc1noc(C)c1CN1CCCN(C(=O)NC2CCCCC2)CC1. The topological polar surface area (TPSA) is 61.6 Å². The summed E-state index contributed by atoms with van der Waals surface area (Å²) in [5.41, 5.74) is 2.17. The summed E-state index contributed by atoms with van der Waals surface area (Å²) in [6.45, 7) is 8.38. The van der Waals surface area contributed by atoms with E-state index in [0.29, 0.717) is 6.04 Å². The fraction of sp³-hybridized carbons (Fsp3) is 0.778. The zero-order chi connectivity index (χ0) is 16.9. The molecule has 2 aliphatic rings. The monoisotopic (exact) mass is 334 g/mol. The van der Waals surface area contributed by atoms with Crippen molar-refractivity contribution in [2.75, 3.05) is 26.2 Å². The molecule has 2 heterocycles. The van der Waals surface area contributed by atoms with Gasteiger partial charge in [0.25, 0.3) is 0 Å². The number of carbonyl (C=O) groups excluding carboxylic acids is 1. The lowest BCUT2D eigenvalue weighted by Gasteiger charge is -2.27. The van der Waals surface area contributed by atoms with Gasteiger partial charge in [0, 0.05) is 44.3 Å². The quantitative estimate of drug-likeness (QED) is 0.923. The molecule has 0 atom stereocenters. The second-order valence-corrected chi connectivity index (χ2v) is 7.20. The third kappa shape index (κ3) is 4.29. The van der Waals surface area contributed by atoms with Crippen LogP contribution in [0.4, 0.5) is 4.79 Å². The van der Waals surface area contributed by atoms with E-state index in [1.54, 1.807) is 0 Å². The number of carbonyl (C=O) groups is 1. The molecule has 6 heteroatoms. The number of nitrogens with zero attached hydrogens (tertiary/aromatic N) is 3. The molecule has 1 aromatic heterocycles. The van der Waals surface area contributed by atoms with Crippen molar-refractivity contribution in [3.05, 3.63) is 17.0 Å². The number of aromatic nitrogens is 1. The van der Waals surface area contributed by atoms with Gasteiger partial charge in [0.2, 0.25) is 0 Å². The van der Waals surface area contributed by atoms with Crippen LogP contribution in [0.15, 0.2) is 4.52 Å². The van der Waals surface area contributed by atoms with Crippen LogP contribution in [0.3, 0.4) is 0 Å². The lowest BCUT2D eigenvalue weighted by molar-refractivity contribution is 0.190. The predicted octanol–water partition coefficient (Wildman–Crippen LogP) is 2.84. The smallest absolute Gasteiger partial charge is 0.317 e. The van der Waals surface area contributed by atoms with Gasteiger partial charge in [0.05, 0.1) is 5.69 Å². The molecule has 6 nitrogen and oxygen atoms in total. The van der Waals surface area contributed by atoms with E-state index in [0.717, 1.165) is 63.4 Å². The molecule has 1 saturated heterocycles. The molecule has 1 N–H and O–H groups in total. The van der Waals surface area contributed by atoms with Crippen molar-refractivity contribution in [2.24, 2.45) is 0 Å². The van der Waals surface area contributed by atoms with Crippen molar-refractivity contribution in [3.63, 3.8) is 0 Å². The molecular formula is C18H30N4O2. The van der Waals surface area contributed by atoms with Crippen LogP contribution in [0.25, 0.3) is 0 Å². The molecular weight excluding hydrogens is 304 g/mol. The number of rotatable bonds is 3. The molecule has 2 fully saturated rings. The zero-order valence-corrected chi connectivity index (χ0v) is 15.0. The van der Waals surface area contributed by atoms with Gasteiger partial charge in [0.1, 0.15) is 5.76 Å². The molecule has 0 aromatic carbocycles. The van der Waals surface area contributed by atoms with Crippen LogP contribution < -0.4 is 5.32 Å². The van der Waals surface area contributed by atoms with E-state index in [4.69, 9.17) is 4.52 Å². The van der Waals surface area contributed by atoms with E-state index < -0.39 is 0 Å². The highest BCUT2D eigenvalue weighted by molar-refractivity contribution is 5.74. The van der Waals surface area contributed by atoms with Crippen molar-refractivity contribution in [1.29, 1.82) is 0 Å². The second-order valence-electron chi connectivity index (χ2n) is 7.20. The van der Waals surface area contributed by atoms with Gasteiger partial charge < -0.3 is 14.7 Å². The maximum absolute atomic E-state index is 12.5. The first-order valence-corrected chi connectivity index (χ1v) is 9.33. The average Bonchev–Trinajstić information content (AvgIpc) is 2.79. The van der Waals surface area contributed by atoms with Gasteiger partial charge in [-0.1, -0.05) is 24.4 Å². The van der Waals surface area contributed by atoms with E-state index in [1.165, 1.54) is 24.8 Å². The summed E-state index contributed by atoms with van der Waals surface area (Å²) < 4.78 is 5.26. The standard InChI is InChI=1S/C18H30N4O2/c1-14-17(15(2)24-20-14)13-21-9-6-10-22(12-11-21)18(23)19-16-7-4-3-5-8-16/h16H,3-13H2,1-2H3,(H,19,23). The van der Waals surface area contributed by atoms with Gasteiger partial charge in [-0.15, -0.1) is 0 Å². The predicted molar refractivity (Wildman–Crippen MR) is 92.8 cm³/mol. The van der Waals surface area contributed by atoms with Crippen LogP contribution in [0, 0.1) is 13.8 Å².